The first-order valence-corrected chi connectivity index (χ1v) is 6.51. The minimum absolute atomic E-state index is 0.205. The number of nitrogens with zero attached hydrogens (tertiary/aromatic N) is 2. The van der Waals surface area contributed by atoms with Gasteiger partial charge in [-0.15, -0.1) is 0 Å². The summed E-state index contributed by atoms with van der Waals surface area (Å²) in [6, 6.07) is 7.26. The zero-order valence-corrected chi connectivity index (χ0v) is 11.6. The third kappa shape index (κ3) is 2.34. The molecule has 1 unspecified atom stereocenters. The van der Waals surface area contributed by atoms with Crippen LogP contribution in [0.3, 0.4) is 0 Å². The van der Waals surface area contributed by atoms with Crippen molar-refractivity contribution >= 4 is 27.6 Å². The highest BCUT2D eigenvalue weighted by atomic mass is 79.9. The minimum atomic E-state index is -0.223. The summed E-state index contributed by atoms with van der Waals surface area (Å²) < 4.78 is 5.65. The molecule has 1 aromatic carbocycles. The molecule has 1 atom stereocenters. The number of anilines is 1. The zero-order chi connectivity index (χ0) is 13.1. The van der Waals surface area contributed by atoms with E-state index in [1.165, 1.54) is 7.11 Å². The smallest absolute Gasteiger partial charge is 0.328 e. The summed E-state index contributed by atoms with van der Waals surface area (Å²) in [5, 5.41) is 8.84. The summed E-state index contributed by atoms with van der Waals surface area (Å²) in [6.07, 6.45) is 1.77. The first-order chi connectivity index (χ1) is 8.67. The third-order valence-electron chi connectivity index (χ3n) is 3.11. The first-order valence-electron chi connectivity index (χ1n) is 5.71. The van der Waals surface area contributed by atoms with Crippen molar-refractivity contribution in [2.45, 2.75) is 18.9 Å². The number of carbonyl (C=O) groups excluding carboxylic acids is 1. The Bertz CT molecular complexity index is 510. The Labute approximate surface area is 114 Å². The fraction of sp³-hybridized carbons (Fsp3) is 0.385. The summed E-state index contributed by atoms with van der Waals surface area (Å²) in [7, 11) is 1.41. The van der Waals surface area contributed by atoms with Gasteiger partial charge in [-0.3, -0.25) is 0 Å². The fourth-order valence-electron chi connectivity index (χ4n) is 2.25. The van der Waals surface area contributed by atoms with Gasteiger partial charge in [0.1, 0.15) is 6.04 Å². The van der Waals surface area contributed by atoms with Crippen LogP contribution >= 0.6 is 15.9 Å². The fourth-order valence-corrected chi connectivity index (χ4v) is 2.85. The van der Waals surface area contributed by atoms with E-state index in [0.29, 0.717) is 5.56 Å². The summed E-state index contributed by atoms with van der Waals surface area (Å²) in [4.78, 5) is 13.7. The molecule has 1 aromatic rings. The molecule has 94 valence electrons. The number of esters is 1. The van der Waals surface area contributed by atoms with E-state index in [-0.39, 0.29) is 12.0 Å². The standard InChI is InChI=1S/C13H13BrN2O2/c1-18-13(17)12-3-2-6-16(12)11-5-4-9(8-15)7-10(11)14/h4-5,7,12H,2-3,6H2,1H3. The number of nitriles is 1. The Balaban J connectivity index is 2.31. The normalized spacial score (nSPS) is 18.5. The van der Waals surface area contributed by atoms with Crippen molar-refractivity contribution in [3.8, 4) is 6.07 Å². The molecular formula is C13H13BrN2O2. The monoisotopic (exact) mass is 308 g/mol. The predicted octanol–water partition coefficient (Wildman–Crippen LogP) is 2.46. The number of benzene rings is 1. The number of halogens is 1. The van der Waals surface area contributed by atoms with Gasteiger partial charge >= 0.3 is 5.97 Å². The van der Waals surface area contributed by atoms with Crippen molar-refractivity contribution in [3.63, 3.8) is 0 Å². The molecule has 1 heterocycles. The highest BCUT2D eigenvalue weighted by molar-refractivity contribution is 9.10. The highest BCUT2D eigenvalue weighted by Gasteiger charge is 2.32. The first kappa shape index (κ1) is 12.9. The van der Waals surface area contributed by atoms with Crippen molar-refractivity contribution in [2.24, 2.45) is 0 Å². The van der Waals surface area contributed by atoms with Crippen LogP contribution in [-0.4, -0.2) is 25.7 Å². The van der Waals surface area contributed by atoms with Crippen molar-refractivity contribution in [1.29, 1.82) is 5.26 Å². The Hall–Kier alpha value is -1.54. The third-order valence-corrected chi connectivity index (χ3v) is 3.75. The summed E-state index contributed by atoms with van der Waals surface area (Å²) in [5.74, 6) is -0.205. The van der Waals surface area contributed by atoms with E-state index in [4.69, 9.17) is 10.00 Å². The van der Waals surface area contributed by atoms with Crippen LogP contribution in [0.25, 0.3) is 0 Å². The van der Waals surface area contributed by atoms with Gasteiger partial charge in [0, 0.05) is 11.0 Å². The number of methoxy groups -OCH3 is 1. The molecular weight excluding hydrogens is 296 g/mol. The zero-order valence-electron chi connectivity index (χ0n) is 10.0. The van der Waals surface area contributed by atoms with Crippen LogP contribution < -0.4 is 4.90 Å². The Morgan fingerprint density at radius 3 is 3.00 bits per heavy atom. The second kappa shape index (κ2) is 5.40. The van der Waals surface area contributed by atoms with Crippen LogP contribution in [-0.2, 0) is 9.53 Å². The van der Waals surface area contributed by atoms with E-state index in [2.05, 4.69) is 22.0 Å². The Kier molecular flexibility index (Phi) is 3.87. The average Bonchev–Trinajstić information content (AvgIpc) is 2.86. The van der Waals surface area contributed by atoms with Gasteiger partial charge < -0.3 is 9.64 Å². The number of hydrogen-bond acceptors (Lipinski definition) is 4. The lowest BCUT2D eigenvalue weighted by Crippen LogP contribution is -2.37. The molecule has 5 heteroatoms. The van der Waals surface area contributed by atoms with Crippen LogP contribution in [0.2, 0.25) is 0 Å². The maximum atomic E-state index is 11.7. The van der Waals surface area contributed by atoms with Gasteiger partial charge in [-0.2, -0.15) is 5.26 Å². The average molecular weight is 309 g/mol. The van der Waals surface area contributed by atoms with Crippen molar-refractivity contribution in [3.05, 3.63) is 28.2 Å². The topological polar surface area (TPSA) is 53.3 Å². The number of carbonyl (C=O) groups is 1. The van der Waals surface area contributed by atoms with Crippen molar-refractivity contribution < 1.29 is 9.53 Å². The number of ether oxygens (including phenoxy) is 1. The van der Waals surface area contributed by atoms with E-state index in [1.54, 1.807) is 12.1 Å². The van der Waals surface area contributed by atoms with E-state index < -0.39 is 0 Å². The lowest BCUT2D eigenvalue weighted by atomic mass is 10.2. The van der Waals surface area contributed by atoms with Crippen LogP contribution in [0.5, 0.6) is 0 Å². The molecule has 0 aliphatic carbocycles. The molecule has 1 aliphatic rings. The molecule has 0 saturated carbocycles. The predicted molar refractivity (Wildman–Crippen MR) is 71.2 cm³/mol. The number of rotatable bonds is 2. The van der Waals surface area contributed by atoms with Crippen LogP contribution in [0.4, 0.5) is 5.69 Å². The lowest BCUT2D eigenvalue weighted by Gasteiger charge is -2.25. The maximum Gasteiger partial charge on any atom is 0.328 e. The second-order valence-electron chi connectivity index (χ2n) is 4.15. The van der Waals surface area contributed by atoms with Crippen molar-refractivity contribution in [1.82, 2.24) is 0 Å². The van der Waals surface area contributed by atoms with Gasteiger partial charge in [-0.1, -0.05) is 0 Å². The van der Waals surface area contributed by atoms with Gasteiger partial charge in [-0.05, 0) is 47.0 Å². The lowest BCUT2D eigenvalue weighted by molar-refractivity contribution is -0.141. The molecule has 1 aliphatic heterocycles. The van der Waals surface area contributed by atoms with E-state index in [0.717, 1.165) is 29.5 Å². The molecule has 2 rings (SSSR count). The molecule has 0 aromatic heterocycles. The van der Waals surface area contributed by atoms with Gasteiger partial charge in [0.2, 0.25) is 0 Å². The maximum absolute atomic E-state index is 11.7. The molecule has 0 spiro atoms. The van der Waals surface area contributed by atoms with Crippen molar-refractivity contribution in [2.75, 3.05) is 18.6 Å². The molecule has 0 N–H and O–H groups in total. The largest absolute Gasteiger partial charge is 0.467 e. The van der Waals surface area contributed by atoms with E-state index in [1.807, 2.05) is 11.0 Å². The minimum Gasteiger partial charge on any atom is -0.467 e. The Morgan fingerprint density at radius 1 is 1.61 bits per heavy atom. The molecule has 0 radical (unpaired) electrons. The quantitative estimate of drug-likeness (QED) is 0.788. The molecule has 0 amide bonds. The van der Waals surface area contributed by atoms with Gasteiger partial charge in [0.05, 0.1) is 24.4 Å². The van der Waals surface area contributed by atoms with Crippen LogP contribution in [0.15, 0.2) is 22.7 Å². The molecule has 4 nitrogen and oxygen atoms in total. The molecule has 1 fully saturated rings. The van der Waals surface area contributed by atoms with Gasteiger partial charge in [0.25, 0.3) is 0 Å². The number of hydrogen-bond donors (Lipinski definition) is 0. The molecule has 18 heavy (non-hydrogen) atoms. The SMILES string of the molecule is COC(=O)C1CCCN1c1ccc(C#N)cc1Br. The molecule has 0 bridgehead atoms. The van der Waals surface area contributed by atoms with Crippen LogP contribution in [0.1, 0.15) is 18.4 Å². The highest BCUT2D eigenvalue weighted by Crippen LogP contribution is 2.33. The van der Waals surface area contributed by atoms with Gasteiger partial charge in [0.15, 0.2) is 0 Å². The summed E-state index contributed by atoms with van der Waals surface area (Å²) in [6.45, 7) is 0.824. The molecule has 1 saturated heterocycles. The second-order valence-corrected chi connectivity index (χ2v) is 5.01. The van der Waals surface area contributed by atoms with Crippen LogP contribution in [0, 0.1) is 11.3 Å². The van der Waals surface area contributed by atoms with E-state index >= 15 is 0 Å². The summed E-state index contributed by atoms with van der Waals surface area (Å²) in [5.41, 5.74) is 1.53. The Morgan fingerprint density at radius 2 is 2.39 bits per heavy atom. The summed E-state index contributed by atoms with van der Waals surface area (Å²) >= 11 is 3.45. The van der Waals surface area contributed by atoms with Gasteiger partial charge in [-0.25, -0.2) is 4.79 Å². The van der Waals surface area contributed by atoms with E-state index in [9.17, 15) is 4.79 Å².